The Morgan fingerprint density at radius 1 is 1.22 bits per heavy atom. The topological polar surface area (TPSA) is 91.8 Å². The maximum atomic E-state index is 12.4. The molecule has 7 nitrogen and oxygen atoms in total. The lowest BCUT2D eigenvalue weighted by molar-refractivity contribution is -0.384. The number of hydrogen-bond donors (Lipinski definition) is 0. The summed E-state index contributed by atoms with van der Waals surface area (Å²) in [6.07, 6.45) is -0.241. The molecular formula is C20H19NO6. The Hall–Kier alpha value is -3.35. The molecule has 0 saturated carbocycles. The number of esters is 1. The number of nitrogens with zero attached hydrogens (tertiary/aromatic N) is 1. The highest BCUT2D eigenvalue weighted by atomic mass is 16.6. The van der Waals surface area contributed by atoms with Crippen LogP contribution in [0.2, 0.25) is 0 Å². The van der Waals surface area contributed by atoms with Gasteiger partial charge in [0, 0.05) is 17.5 Å². The number of fused-ring (bicyclic) bond motifs is 1. The van der Waals surface area contributed by atoms with Crippen molar-refractivity contribution < 1.29 is 23.6 Å². The molecule has 3 aromatic rings. The van der Waals surface area contributed by atoms with Gasteiger partial charge in [-0.15, -0.1) is 0 Å². The van der Waals surface area contributed by atoms with Crippen LogP contribution >= 0.6 is 0 Å². The van der Waals surface area contributed by atoms with Gasteiger partial charge in [-0.3, -0.25) is 10.1 Å². The summed E-state index contributed by atoms with van der Waals surface area (Å²) in [5.74, 6) is 0.553. The molecule has 2 aromatic carbocycles. The highest BCUT2D eigenvalue weighted by molar-refractivity contribution is 6.04. The molecule has 0 atom stereocenters. The molecule has 1 heterocycles. The predicted octanol–water partition coefficient (Wildman–Crippen LogP) is 4.79. The van der Waals surface area contributed by atoms with E-state index < -0.39 is 10.9 Å². The van der Waals surface area contributed by atoms with Crippen molar-refractivity contribution in [1.29, 1.82) is 0 Å². The van der Waals surface area contributed by atoms with Crippen LogP contribution in [0.4, 0.5) is 5.69 Å². The molecule has 0 saturated heterocycles. The first-order chi connectivity index (χ1) is 12.8. The number of nitro groups is 1. The SMILES string of the molecule is Cc1oc2ccc(OCc3cccc([N+](=O)[O-])c3)cc2c1C(=O)OC(C)C. The minimum atomic E-state index is -0.448. The Kier molecular flexibility index (Phi) is 5.12. The Morgan fingerprint density at radius 2 is 2.00 bits per heavy atom. The Balaban J connectivity index is 1.85. The van der Waals surface area contributed by atoms with Crippen LogP contribution in [0.25, 0.3) is 11.0 Å². The summed E-state index contributed by atoms with van der Waals surface area (Å²) < 4.78 is 16.7. The summed E-state index contributed by atoms with van der Waals surface area (Å²) in [5.41, 5.74) is 1.62. The van der Waals surface area contributed by atoms with Crippen molar-refractivity contribution in [2.45, 2.75) is 33.5 Å². The van der Waals surface area contributed by atoms with Crippen LogP contribution in [0.3, 0.4) is 0 Å². The van der Waals surface area contributed by atoms with Crippen molar-refractivity contribution >= 4 is 22.6 Å². The van der Waals surface area contributed by atoms with E-state index in [1.807, 2.05) is 0 Å². The third kappa shape index (κ3) is 4.08. The number of carbonyl (C=O) groups excluding carboxylic acids is 1. The first-order valence-corrected chi connectivity index (χ1v) is 8.45. The molecular weight excluding hydrogens is 350 g/mol. The van der Waals surface area contributed by atoms with Crippen molar-refractivity contribution in [2.24, 2.45) is 0 Å². The lowest BCUT2D eigenvalue weighted by atomic mass is 10.1. The lowest BCUT2D eigenvalue weighted by Gasteiger charge is -2.08. The smallest absolute Gasteiger partial charge is 0.342 e. The fourth-order valence-electron chi connectivity index (χ4n) is 2.74. The maximum absolute atomic E-state index is 12.4. The highest BCUT2D eigenvalue weighted by Crippen LogP contribution is 2.30. The van der Waals surface area contributed by atoms with Crippen LogP contribution in [0.5, 0.6) is 5.75 Å². The number of nitro benzene ring substituents is 1. The summed E-state index contributed by atoms with van der Waals surface area (Å²) in [6, 6.07) is 11.4. The van der Waals surface area contributed by atoms with Crippen molar-refractivity contribution in [1.82, 2.24) is 0 Å². The molecule has 7 heteroatoms. The Morgan fingerprint density at radius 3 is 2.70 bits per heavy atom. The zero-order chi connectivity index (χ0) is 19.6. The molecule has 0 fully saturated rings. The van der Waals surface area contributed by atoms with E-state index in [0.29, 0.717) is 33.6 Å². The van der Waals surface area contributed by atoms with Gasteiger partial charge >= 0.3 is 5.97 Å². The van der Waals surface area contributed by atoms with E-state index >= 15 is 0 Å². The molecule has 0 amide bonds. The quantitative estimate of drug-likeness (QED) is 0.352. The van der Waals surface area contributed by atoms with E-state index in [1.165, 1.54) is 12.1 Å². The van der Waals surface area contributed by atoms with Crippen molar-refractivity contribution in [3.05, 3.63) is 69.5 Å². The normalized spacial score (nSPS) is 11.0. The maximum Gasteiger partial charge on any atom is 0.342 e. The van der Waals surface area contributed by atoms with Gasteiger partial charge in [0.15, 0.2) is 0 Å². The predicted molar refractivity (Wildman–Crippen MR) is 98.9 cm³/mol. The van der Waals surface area contributed by atoms with Crippen LogP contribution in [0.1, 0.15) is 35.5 Å². The van der Waals surface area contributed by atoms with Gasteiger partial charge in [0.25, 0.3) is 5.69 Å². The van der Waals surface area contributed by atoms with Gasteiger partial charge in [-0.2, -0.15) is 0 Å². The van der Waals surface area contributed by atoms with Gasteiger partial charge in [-0.05, 0) is 44.5 Å². The lowest BCUT2D eigenvalue weighted by Crippen LogP contribution is -2.12. The average molecular weight is 369 g/mol. The molecule has 0 aliphatic rings. The number of rotatable bonds is 6. The van der Waals surface area contributed by atoms with Gasteiger partial charge in [0.05, 0.1) is 11.0 Å². The third-order valence-electron chi connectivity index (χ3n) is 3.91. The number of hydrogen-bond acceptors (Lipinski definition) is 6. The zero-order valence-electron chi connectivity index (χ0n) is 15.2. The summed E-state index contributed by atoms with van der Waals surface area (Å²) >= 11 is 0. The van der Waals surface area contributed by atoms with E-state index in [4.69, 9.17) is 13.9 Å². The molecule has 0 aliphatic carbocycles. The van der Waals surface area contributed by atoms with Crippen molar-refractivity contribution in [3.8, 4) is 5.75 Å². The largest absolute Gasteiger partial charge is 0.489 e. The van der Waals surface area contributed by atoms with Gasteiger partial charge in [-0.25, -0.2) is 4.79 Å². The molecule has 27 heavy (non-hydrogen) atoms. The molecule has 0 N–H and O–H groups in total. The third-order valence-corrected chi connectivity index (χ3v) is 3.91. The van der Waals surface area contributed by atoms with Crippen molar-refractivity contribution in [2.75, 3.05) is 0 Å². The van der Waals surface area contributed by atoms with E-state index in [9.17, 15) is 14.9 Å². The molecule has 1 aromatic heterocycles. The first-order valence-electron chi connectivity index (χ1n) is 8.45. The average Bonchev–Trinajstić information content (AvgIpc) is 2.94. The number of non-ortho nitro benzene ring substituents is 1. The number of aryl methyl sites for hydroxylation is 1. The Labute approximate surface area is 155 Å². The van der Waals surface area contributed by atoms with Gasteiger partial charge in [-0.1, -0.05) is 12.1 Å². The van der Waals surface area contributed by atoms with E-state index in [1.54, 1.807) is 51.1 Å². The van der Waals surface area contributed by atoms with Crippen LogP contribution in [0, 0.1) is 17.0 Å². The molecule has 0 unspecified atom stereocenters. The molecule has 3 rings (SSSR count). The standard InChI is InChI=1S/C20H19NO6/c1-12(2)26-20(22)19-13(3)27-18-8-7-16(10-17(18)19)25-11-14-5-4-6-15(9-14)21(23)24/h4-10,12H,11H2,1-3H3. The molecule has 0 radical (unpaired) electrons. The fourth-order valence-corrected chi connectivity index (χ4v) is 2.74. The van der Waals surface area contributed by atoms with Gasteiger partial charge < -0.3 is 13.9 Å². The van der Waals surface area contributed by atoms with Crippen LogP contribution in [-0.4, -0.2) is 17.0 Å². The van der Waals surface area contributed by atoms with Crippen LogP contribution < -0.4 is 4.74 Å². The van der Waals surface area contributed by atoms with Crippen LogP contribution in [0.15, 0.2) is 46.9 Å². The second kappa shape index (κ2) is 7.49. The first kappa shape index (κ1) is 18.4. The summed E-state index contributed by atoms with van der Waals surface area (Å²) in [5, 5.41) is 11.5. The number of carbonyl (C=O) groups is 1. The Bertz CT molecular complexity index is 1000. The zero-order valence-corrected chi connectivity index (χ0v) is 15.2. The fraction of sp³-hybridized carbons (Fsp3) is 0.250. The van der Waals surface area contributed by atoms with Gasteiger partial charge in [0.1, 0.15) is 29.3 Å². The summed E-state index contributed by atoms with van der Waals surface area (Å²) in [4.78, 5) is 22.8. The van der Waals surface area contributed by atoms with Gasteiger partial charge in [0.2, 0.25) is 0 Å². The monoisotopic (exact) mass is 369 g/mol. The number of furan rings is 1. The number of benzene rings is 2. The van der Waals surface area contributed by atoms with E-state index in [2.05, 4.69) is 0 Å². The number of ether oxygens (including phenoxy) is 2. The summed E-state index contributed by atoms with van der Waals surface area (Å²) in [7, 11) is 0. The van der Waals surface area contributed by atoms with Crippen molar-refractivity contribution in [3.63, 3.8) is 0 Å². The molecule has 0 spiro atoms. The van der Waals surface area contributed by atoms with E-state index in [0.717, 1.165) is 0 Å². The molecule has 140 valence electrons. The second-order valence-corrected chi connectivity index (χ2v) is 6.36. The van der Waals surface area contributed by atoms with E-state index in [-0.39, 0.29) is 18.4 Å². The minimum absolute atomic E-state index is 0.00993. The second-order valence-electron chi connectivity index (χ2n) is 6.36. The van der Waals surface area contributed by atoms with Crippen LogP contribution in [-0.2, 0) is 11.3 Å². The highest BCUT2D eigenvalue weighted by Gasteiger charge is 2.21. The summed E-state index contributed by atoms with van der Waals surface area (Å²) in [6.45, 7) is 5.43. The minimum Gasteiger partial charge on any atom is -0.489 e. The molecule has 0 aliphatic heterocycles. The molecule has 0 bridgehead atoms.